The van der Waals surface area contributed by atoms with Crippen LogP contribution in [-0.4, -0.2) is 98.1 Å². The lowest BCUT2D eigenvalue weighted by molar-refractivity contribution is 0.00687. The number of Topliss-reactive ketones (excluding diaryl/α,β-unsaturated/α-hetero) is 1. The van der Waals surface area contributed by atoms with E-state index in [-0.39, 0.29) is 11.8 Å². The summed E-state index contributed by atoms with van der Waals surface area (Å²) in [6.45, 7) is 19.5. The smallest absolute Gasteiger partial charge is 0.340 e. The van der Waals surface area contributed by atoms with Gasteiger partial charge >= 0.3 is 5.97 Å². The fraction of sp³-hybridized carbons (Fsp3) is 0.642. The minimum Gasteiger partial charge on any atom is -0.495 e. The summed E-state index contributed by atoms with van der Waals surface area (Å²) >= 11 is 0. The van der Waals surface area contributed by atoms with Crippen molar-refractivity contribution in [3.05, 3.63) is 136 Å². The van der Waals surface area contributed by atoms with Gasteiger partial charge in [-0.15, -0.1) is 0 Å². The second-order valence-corrected chi connectivity index (χ2v) is 39.4. The lowest BCUT2D eigenvalue weighted by atomic mass is 9.84. The molecule has 8 aliphatic rings. The molecule has 7 aromatic rings. The van der Waals surface area contributed by atoms with E-state index >= 15 is 0 Å². The van der Waals surface area contributed by atoms with Crippen molar-refractivity contribution in [3.8, 4) is 52.3 Å². The molecule has 17 nitrogen and oxygen atoms in total. The maximum absolute atomic E-state index is 12.5. The number of ketones is 1. The summed E-state index contributed by atoms with van der Waals surface area (Å²) in [5.74, 6) is 17.3. The molecule has 8 fully saturated rings. The highest BCUT2D eigenvalue weighted by Gasteiger charge is 2.28. The molecule has 7 saturated carbocycles. The number of benzene rings is 2. The molecule has 6 heterocycles. The van der Waals surface area contributed by atoms with Crippen LogP contribution in [0.3, 0.4) is 0 Å². The SMILES string of the molecule is CC(C)(C)OC(=O)c1cnc(CC2CCCCC2)c(NC2CCCCC2)c1.CCCCC#CC#CCCc1ccc(C(=O)CCCN2CCCCC2)cc1N.COc1cnc(CC2CCCCC2)c(NC2CCCCC2)c1.Cc1coc(-c2ccc(CC3CCCCC3)c(NC(C)C)c2)n1.Cc1coc(-c2cnc(CC3CCCCC3)c(NC3CCCCC3)c2)n1. The maximum atomic E-state index is 12.5. The molecule has 0 radical (unpaired) electrons. The van der Waals surface area contributed by atoms with E-state index in [0.717, 1.165) is 132 Å². The van der Waals surface area contributed by atoms with Crippen molar-refractivity contribution in [2.45, 2.75) is 400 Å². The van der Waals surface area contributed by atoms with Crippen LogP contribution >= 0.6 is 0 Å². The summed E-state index contributed by atoms with van der Waals surface area (Å²) in [7, 11) is 1.72. The minimum atomic E-state index is -0.491. The maximum Gasteiger partial charge on any atom is 0.340 e. The zero-order valence-electron chi connectivity index (χ0n) is 79.2. The fourth-order valence-corrected chi connectivity index (χ4v) is 19.9. The van der Waals surface area contributed by atoms with Gasteiger partial charge in [-0.2, -0.15) is 0 Å². The van der Waals surface area contributed by atoms with Gasteiger partial charge in [-0.1, -0.05) is 236 Å². The summed E-state index contributed by atoms with van der Waals surface area (Å²) < 4.78 is 22.1. The van der Waals surface area contributed by atoms with Gasteiger partial charge in [0.1, 0.15) is 23.9 Å². The molecule has 686 valence electrons. The van der Waals surface area contributed by atoms with E-state index < -0.39 is 5.60 Å². The number of unbranched alkanes of at least 4 members (excludes halogenated alkanes) is 2. The molecule has 126 heavy (non-hydrogen) atoms. The van der Waals surface area contributed by atoms with Gasteiger partial charge in [-0.25, -0.2) is 14.8 Å². The number of carbonyl (C=O) groups excluding carboxylic acids is 2. The lowest BCUT2D eigenvalue weighted by Crippen LogP contribution is -2.30. The van der Waals surface area contributed by atoms with Gasteiger partial charge in [0.25, 0.3) is 0 Å². The van der Waals surface area contributed by atoms with Gasteiger partial charge < -0.3 is 50.2 Å². The highest BCUT2D eigenvalue weighted by molar-refractivity contribution is 5.97. The number of anilines is 5. The van der Waals surface area contributed by atoms with E-state index in [0.29, 0.717) is 53.6 Å². The Morgan fingerprint density at radius 2 is 0.944 bits per heavy atom. The fourth-order valence-electron chi connectivity index (χ4n) is 19.9. The Balaban J connectivity index is 0.000000153. The number of carbonyl (C=O) groups is 2. The highest BCUT2D eigenvalue weighted by Crippen LogP contribution is 2.38. The first-order valence-electron chi connectivity index (χ1n) is 50.2. The van der Waals surface area contributed by atoms with E-state index in [1.165, 1.54) is 304 Å². The molecular weight excluding hydrogens is 1560 g/mol. The number of aryl methyl sites for hydroxylation is 3. The summed E-state index contributed by atoms with van der Waals surface area (Å²) in [4.78, 5) is 50.7. The topological polar surface area (TPSA) is 221 Å². The monoisotopic (exact) mass is 1720 g/mol. The van der Waals surface area contributed by atoms with Gasteiger partial charge in [0.05, 0.1) is 70.0 Å². The van der Waals surface area contributed by atoms with Crippen molar-refractivity contribution in [3.63, 3.8) is 0 Å². The van der Waals surface area contributed by atoms with Crippen LogP contribution in [0, 0.1) is 61.2 Å². The first kappa shape index (κ1) is 97.9. The third-order valence-corrected chi connectivity index (χ3v) is 27.0. The van der Waals surface area contributed by atoms with Gasteiger partial charge in [-0.3, -0.25) is 19.7 Å². The number of nitrogens with two attached hydrogens (primary N) is 1. The number of nitrogens with one attached hydrogen (secondary N) is 4. The van der Waals surface area contributed by atoms with Gasteiger partial charge in [0.2, 0.25) is 11.8 Å². The lowest BCUT2D eigenvalue weighted by Gasteiger charge is -2.27. The molecule has 15 rings (SSSR count). The van der Waals surface area contributed by atoms with Crippen molar-refractivity contribution >= 4 is 40.2 Å². The van der Waals surface area contributed by atoms with Crippen LogP contribution in [0.2, 0.25) is 0 Å². The number of ether oxygens (including phenoxy) is 2. The average Bonchev–Trinajstić information content (AvgIpc) is 1.37. The number of nitrogens with zero attached hydrogens (tertiary/aromatic N) is 6. The second-order valence-electron chi connectivity index (χ2n) is 39.4. The standard InChI is InChI=1S/C25H34N2O.C23H36N2O2.C22H31N3O.C20H28N2O.C19H30N2O/c1-2-3-4-5-6-7-8-10-14-22-16-17-23(21-24(22)26)25(28)15-13-20-27-18-11-9-12-19-27;1-23(2,3)27-22(26)18-15-21(25-19-12-8-5-9-13-19)20(24-16-18)14-17-10-6-4-7-11-17;1-16-15-26-22(24-16)18-13-21(25-19-10-6-3-7-11-19)20(23-14-18)12-17-8-4-2-5-9-17;1-14(2)21-19-12-18(20-22-15(3)13-23-20)10-9-17(19)11-16-7-5-4-6-8-16;1-22-17-13-19(21-16-10-6-3-7-11-16)18(20-14-17)12-15-8-4-2-5-9-15/h16-17,21H,2-4,9-15,18-20,26H2,1H3;15-17,19,25H,4-14H2,1-3H3;13-15,17,19,25H,2-12H2,1H3;9-10,12-14,16,21H,4-8,11H2,1-3H3;13-16,21H,2-12H2,1H3. The van der Waals surface area contributed by atoms with Gasteiger partial charge in [0.15, 0.2) is 5.78 Å². The number of pyridine rings is 3. The molecule has 5 aromatic heterocycles. The number of aromatic nitrogens is 5. The van der Waals surface area contributed by atoms with Crippen molar-refractivity contribution in [1.29, 1.82) is 0 Å². The molecule has 0 bridgehead atoms. The van der Waals surface area contributed by atoms with Crippen LogP contribution in [0.5, 0.6) is 5.75 Å². The third-order valence-electron chi connectivity index (χ3n) is 27.0. The van der Waals surface area contributed by atoms with Crippen LogP contribution in [0.1, 0.15) is 384 Å². The van der Waals surface area contributed by atoms with E-state index in [2.05, 4.69) is 111 Å². The Labute approximate surface area is 759 Å². The van der Waals surface area contributed by atoms with Gasteiger partial charge in [0, 0.05) is 84.4 Å². The molecule has 1 saturated heterocycles. The number of nitrogen functional groups attached to an aromatic ring is 1. The normalized spacial score (nSPS) is 17.9. The number of likely N-dealkylation sites (tertiary alicyclic amines) is 1. The van der Waals surface area contributed by atoms with Crippen molar-refractivity contribution in [2.24, 2.45) is 23.7 Å². The van der Waals surface area contributed by atoms with Crippen LogP contribution < -0.4 is 31.7 Å². The minimum absolute atomic E-state index is 0.192. The molecule has 0 unspecified atom stereocenters. The molecular formula is C109H159N11O6. The number of piperidine rings is 1. The highest BCUT2D eigenvalue weighted by atomic mass is 16.6. The largest absolute Gasteiger partial charge is 0.495 e. The van der Waals surface area contributed by atoms with Gasteiger partial charge in [-0.05, 0) is 241 Å². The number of oxazole rings is 2. The number of hydrogen-bond acceptors (Lipinski definition) is 17. The molecule has 7 aliphatic carbocycles. The molecule has 2 aromatic carbocycles. The van der Waals surface area contributed by atoms with E-state index in [4.69, 9.17) is 39.0 Å². The Morgan fingerprint density at radius 1 is 0.500 bits per heavy atom. The zero-order chi connectivity index (χ0) is 88.5. The third kappa shape index (κ3) is 34.4. The number of hydrogen-bond donors (Lipinski definition) is 5. The number of rotatable bonds is 29. The number of esters is 1. The summed E-state index contributed by atoms with van der Waals surface area (Å²) in [5.41, 5.74) is 22.3. The average molecular weight is 1720 g/mol. The van der Waals surface area contributed by atoms with E-state index in [9.17, 15) is 9.59 Å². The van der Waals surface area contributed by atoms with Crippen LogP contribution in [-0.2, 0) is 36.8 Å². The Morgan fingerprint density at radius 3 is 1.42 bits per heavy atom. The van der Waals surface area contributed by atoms with E-state index in [1.807, 2.05) is 71.3 Å². The molecule has 0 amide bonds. The summed E-state index contributed by atoms with van der Waals surface area (Å²) in [5, 5.41) is 14.9. The second kappa shape index (κ2) is 53.3. The summed E-state index contributed by atoms with van der Waals surface area (Å²) in [6.07, 6.45) is 70.6. The quantitative estimate of drug-likeness (QED) is 0.00967. The first-order chi connectivity index (χ1) is 61.3. The van der Waals surface area contributed by atoms with Crippen molar-refractivity contribution in [1.82, 2.24) is 29.8 Å². The predicted octanol–water partition coefficient (Wildman–Crippen LogP) is 27.2. The molecule has 0 atom stereocenters. The van der Waals surface area contributed by atoms with Crippen LogP contribution in [0.15, 0.2) is 94.5 Å². The van der Waals surface area contributed by atoms with Crippen LogP contribution in [0.25, 0.3) is 22.9 Å². The Kier molecular flexibility index (Phi) is 41.5. The zero-order valence-corrected chi connectivity index (χ0v) is 79.2. The molecule has 6 N–H and O–H groups in total. The van der Waals surface area contributed by atoms with E-state index in [1.54, 1.807) is 25.8 Å². The predicted molar refractivity (Wildman–Crippen MR) is 521 cm³/mol. The molecule has 17 heteroatoms. The molecule has 1 aliphatic heterocycles. The number of methoxy groups -OCH3 is 1. The molecule has 0 spiro atoms. The first-order valence-corrected chi connectivity index (χ1v) is 50.2. The van der Waals surface area contributed by atoms with Crippen molar-refractivity contribution < 1.29 is 27.9 Å². The van der Waals surface area contributed by atoms with Crippen LogP contribution in [0.4, 0.5) is 28.4 Å². The summed E-state index contributed by atoms with van der Waals surface area (Å²) in [6, 6.07) is 20.8. The Hall–Kier alpha value is -8.67. The van der Waals surface area contributed by atoms with Crippen molar-refractivity contribution in [2.75, 3.05) is 53.7 Å². The Bertz CT molecular complexity index is 4480.